The minimum atomic E-state index is -0.258. The second-order valence-electron chi connectivity index (χ2n) is 4.80. The molecule has 0 amide bonds. The Labute approximate surface area is 118 Å². The lowest BCUT2D eigenvalue weighted by atomic mass is 10.1. The van der Waals surface area contributed by atoms with Crippen LogP contribution in [0, 0.1) is 0 Å². The van der Waals surface area contributed by atoms with Gasteiger partial charge < -0.3 is 10.5 Å². The summed E-state index contributed by atoms with van der Waals surface area (Å²) in [6.45, 7) is 6.29. The molecule has 0 unspecified atom stereocenters. The predicted octanol–water partition coefficient (Wildman–Crippen LogP) is 2.30. The molecule has 2 N–H and O–H groups in total. The number of hydrogen-bond acceptors (Lipinski definition) is 4. The molecule has 20 heavy (non-hydrogen) atoms. The molecule has 0 saturated carbocycles. The van der Waals surface area contributed by atoms with Gasteiger partial charge in [-0.25, -0.2) is 4.68 Å². The zero-order valence-corrected chi connectivity index (χ0v) is 12.0. The van der Waals surface area contributed by atoms with Crippen LogP contribution in [0.3, 0.4) is 0 Å². The monoisotopic (exact) mass is 273 g/mol. The maximum atomic E-state index is 11.7. The molecule has 0 bridgehead atoms. The van der Waals surface area contributed by atoms with Crippen molar-refractivity contribution in [2.24, 2.45) is 0 Å². The number of rotatable bonds is 4. The van der Waals surface area contributed by atoms with Crippen molar-refractivity contribution in [3.8, 4) is 17.0 Å². The van der Waals surface area contributed by atoms with Crippen LogP contribution in [0.4, 0.5) is 5.69 Å². The summed E-state index contributed by atoms with van der Waals surface area (Å²) in [7, 11) is 0. The molecule has 0 aliphatic carbocycles. The number of aryl methyl sites for hydroxylation is 1. The van der Waals surface area contributed by atoms with E-state index < -0.39 is 0 Å². The molecule has 1 heterocycles. The summed E-state index contributed by atoms with van der Waals surface area (Å²) in [6, 6.07) is 9.20. The first-order valence-electron chi connectivity index (χ1n) is 6.66. The number of nitrogens with two attached hydrogens (primary N) is 1. The van der Waals surface area contributed by atoms with E-state index in [0.29, 0.717) is 12.2 Å². The molecule has 2 rings (SSSR count). The summed E-state index contributed by atoms with van der Waals surface area (Å²) in [5.74, 6) is 0.770. The number of hydrogen-bond donors (Lipinski definition) is 1. The zero-order valence-electron chi connectivity index (χ0n) is 12.0. The van der Waals surface area contributed by atoms with E-state index in [4.69, 9.17) is 10.5 Å². The Balaban J connectivity index is 2.46. The van der Waals surface area contributed by atoms with Crippen molar-refractivity contribution in [2.75, 3.05) is 5.73 Å². The molecule has 2 aromatic rings. The first-order chi connectivity index (χ1) is 9.51. The quantitative estimate of drug-likeness (QED) is 0.928. The highest BCUT2D eigenvalue weighted by atomic mass is 16.5. The van der Waals surface area contributed by atoms with Gasteiger partial charge in [-0.05, 0) is 39.0 Å². The molecule has 5 nitrogen and oxygen atoms in total. The fourth-order valence-corrected chi connectivity index (χ4v) is 1.92. The zero-order chi connectivity index (χ0) is 14.7. The number of nitrogen functional groups attached to an aromatic ring is 1. The average Bonchev–Trinajstić information content (AvgIpc) is 2.41. The van der Waals surface area contributed by atoms with Crippen LogP contribution in [-0.4, -0.2) is 15.9 Å². The molecule has 0 saturated heterocycles. The van der Waals surface area contributed by atoms with E-state index in [9.17, 15) is 4.79 Å². The molecule has 106 valence electrons. The van der Waals surface area contributed by atoms with E-state index in [1.54, 1.807) is 6.07 Å². The maximum absolute atomic E-state index is 11.7. The van der Waals surface area contributed by atoms with Gasteiger partial charge in [0.25, 0.3) is 5.56 Å². The number of anilines is 1. The van der Waals surface area contributed by atoms with Gasteiger partial charge >= 0.3 is 0 Å². The normalized spacial score (nSPS) is 10.8. The Hall–Kier alpha value is -2.30. The molecule has 0 radical (unpaired) electrons. The van der Waals surface area contributed by atoms with Gasteiger partial charge in [0.05, 0.1) is 11.8 Å². The summed E-state index contributed by atoms with van der Waals surface area (Å²) in [5.41, 5.74) is 7.23. The first kappa shape index (κ1) is 14.1. The Morgan fingerprint density at radius 3 is 2.75 bits per heavy atom. The Bertz CT molecular complexity index is 662. The van der Waals surface area contributed by atoms with Crippen LogP contribution in [0.25, 0.3) is 11.3 Å². The topological polar surface area (TPSA) is 70.1 Å². The standard InChI is InChI=1S/C15H19N3O2/c1-4-18-15(19)13(16)9-14(17-18)11-6-5-7-12(8-11)20-10(2)3/h5-10H,4,16H2,1-3H3. The van der Waals surface area contributed by atoms with E-state index in [1.165, 1.54) is 4.68 Å². The van der Waals surface area contributed by atoms with Crippen LogP contribution in [0.1, 0.15) is 20.8 Å². The second-order valence-corrected chi connectivity index (χ2v) is 4.80. The van der Waals surface area contributed by atoms with Crippen molar-refractivity contribution in [2.45, 2.75) is 33.4 Å². The second kappa shape index (κ2) is 5.77. The highest BCUT2D eigenvalue weighted by Gasteiger charge is 2.08. The number of aromatic nitrogens is 2. The highest BCUT2D eigenvalue weighted by Crippen LogP contribution is 2.23. The molecule has 1 aromatic heterocycles. The molecule has 0 spiro atoms. The molecule has 1 aromatic carbocycles. The van der Waals surface area contributed by atoms with Gasteiger partial charge in [-0.3, -0.25) is 4.79 Å². The lowest BCUT2D eigenvalue weighted by molar-refractivity contribution is 0.242. The van der Waals surface area contributed by atoms with Crippen molar-refractivity contribution in [1.82, 2.24) is 9.78 Å². The van der Waals surface area contributed by atoms with Crippen LogP contribution in [0.5, 0.6) is 5.75 Å². The Kier molecular flexibility index (Phi) is 4.08. The van der Waals surface area contributed by atoms with Crippen LogP contribution in [0.15, 0.2) is 35.1 Å². The molecular weight excluding hydrogens is 254 g/mol. The number of benzene rings is 1. The lowest BCUT2D eigenvalue weighted by Crippen LogP contribution is -2.24. The average molecular weight is 273 g/mol. The van der Waals surface area contributed by atoms with Crippen LogP contribution >= 0.6 is 0 Å². The third kappa shape index (κ3) is 2.99. The SMILES string of the molecule is CCn1nc(-c2cccc(OC(C)C)c2)cc(N)c1=O. The summed E-state index contributed by atoms with van der Waals surface area (Å²) < 4.78 is 7.02. The lowest BCUT2D eigenvalue weighted by Gasteiger charge is -2.11. The van der Waals surface area contributed by atoms with E-state index in [0.717, 1.165) is 11.3 Å². The van der Waals surface area contributed by atoms with Gasteiger partial charge in [-0.15, -0.1) is 0 Å². The van der Waals surface area contributed by atoms with Gasteiger partial charge in [0.15, 0.2) is 0 Å². The summed E-state index contributed by atoms with van der Waals surface area (Å²) in [6.07, 6.45) is 0.105. The molecular formula is C15H19N3O2. The van der Waals surface area contributed by atoms with Crippen molar-refractivity contribution < 1.29 is 4.74 Å². The third-order valence-electron chi connectivity index (χ3n) is 2.80. The van der Waals surface area contributed by atoms with Crippen LogP contribution in [0.2, 0.25) is 0 Å². The fourth-order valence-electron chi connectivity index (χ4n) is 1.92. The van der Waals surface area contributed by atoms with Crippen LogP contribution in [-0.2, 0) is 6.54 Å². The highest BCUT2D eigenvalue weighted by molar-refractivity contribution is 5.63. The maximum Gasteiger partial charge on any atom is 0.289 e. The van der Waals surface area contributed by atoms with Crippen LogP contribution < -0.4 is 16.0 Å². The van der Waals surface area contributed by atoms with Gasteiger partial charge in [-0.2, -0.15) is 5.10 Å². The van der Waals surface area contributed by atoms with Crippen molar-refractivity contribution in [3.63, 3.8) is 0 Å². The van der Waals surface area contributed by atoms with Crippen molar-refractivity contribution in [3.05, 3.63) is 40.7 Å². The van der Waals surface area contributed by atoms with E-state index in [-0.39, 0.29) is 17.4 Å². The molecule has 0 atom stereocenters. The smallest absolute Gasteiger partial charge is 0.289 e. The third-order valence-corrected chi connectivity index (χ3v) is 2.80. The predicted molar refractivity (Wildman–Crippen MR) is 79.8 cm³/mol. The van der Waals surface area contributed by atoms with Gasteiger partial charge in [0.1, 0.15) is 11.4 Å². The fraction of sp³-hybridized carbons (Fsp3) is 0.333. The minimum Gasteiger partial charge on any atom is -0.491 e. The molecule has 0 fully saturated rings. The Morgan fingerprint density at radius 1 is 1.35 bits per heavy atom. The van der Waals surface area contributed by atoms with Crippen molar-refractivity contribution >= 4 is 5.69 Å². The largest absolute Gasteiger partial charge is 0.491 e. The van der Waals surface area contributed by atoms with Crippen molar-refractivity contribution in [1.29, 1.82) is 0 Å². The van der Waals surface area contributed by atoms with Gasteiger partial charge in [-0.1, -0.05) is 12.1 Å². The summed E-state index contributed by atoms with van der Waals surface area (Å²) in [5, 5.41) is 4.31. The summed E-state index contributed by atoms with van der Waals surface area (Å²) >= 11 is 0. The minimum absolute atomic E-state index is 0.105. The molecule has 0 aliphatic rings. The molecule has 0 aliphatic heterocycles. The number of nitrogens with zero attached hydrogens (tertiary/aromatic N) is 2. The van der Waals surface area contributed by atoms with E-state index >= 15 is 0 Å². The summed E-state index contributed by atoms with van der Waals surface area (Å²) in [4.78, 5) is 11.7. The van der Waals surface area contributed by atoms with E-state index in [2.05, 4.69) is 5.10 Å². The Morgan fingerprint density at radius 2 is 2.10 bits per heavy atom. The van der Waals surface area contributed by atoms with Gasteiger partial charge in [0, 0.05) is 12.1 Å². The number of ether oxygens (including phenoxy) is 1. The van der Waals surface area contributed by atoms with Gasteiger partial charge in [0.2, 0.25) is 0 Å². The van der Waals surface area contributed by atoms with E-state index in [1.807, 2.05) is 45.0 Å². The molecule has 5 heteroatoms. The first-order valence-corrected chi connectivity index (χ1v) is 6.66.